The molecule has 102 valence electrons. The van der Waals surface area contributed by atoms with Crippen molar-refractivity contribution in [3.05, 3.63) is 35.4 Å². The summed E-state index contributed by atoms with van der Waals surface area (Å²) in [7, 11) is 0. The van der Waals surface area contributed by atoms with Gasteiger partial charge in [-0.1, -0.05) is 24.3 Å². The van der Waals surface area contributed by atoms with Gasteiger partial charge in [-0.25, -0.2) is 0 Å². The summed E-state index contributed by atoms with van der Waals surface area (Å²) >= 11 is 0. The van der Waals surface area contributed by atoms with E-state index in [0.29, 0.717) is 12.5 Å². The molecule has 3 atom stereocenters. The van der Waals surface area contributed by atoms with Gasteiger partial charge < -0.3 is 10.8 Å². The number of benzene rings is 1. The first-order valence-electron chi connectivity index (χ1n) is 7.66. The Hall–Kier alpha value is -0.860. The van der Waals surface area contributed by atoms with Gasteiger partial charge in [-0.3, -0.25) is 0 Å². The molecule has 3 aliphatic rings. The Kier molecular flexibility index (Phi) is 2.40. The van der Waals surface area contributed by atoms with Gasteiger partial charge in [0.05, 0.1) is 5.60 Å². The van der Waals surface area contributed by atoms with Crippen LogP contribution in [0.4, 0.5) is 0 Å². The number of rotatable bonds is 2. The highest BCUT2D eigenvalue weighted by Gasteiger charge is 2.61. The molecule has 0 aromatic heterocycles. The lowest BCUT2D eigenvalue weighted by Crippen LogP contribution is -2.56. The zero-order chi connectivity index (χ0) is 13.1. The molecule has 2 nitrogen and oxygen atoms in total. The molecule has 0 aliphatic heterocycles. The quantitative estimate of drug-likeness (QED) is 0.854. The predicted molar refractivity (Wildman–Crippen MR) is 75.7 cm³/mol. The fraction of sp³-hybridized carbons (Fsp3) is 0.647. The van der Waals surface area contributed by atoms with Crippen LogP contribution in [0, 0.1) is 17.3 Å². The van der Waals surface area contributed by atoms with Crippen molar-refractivity contribution in [2.45, 2.75) is 44.1 Å². The highest BCUT2D eigenvalue weighted by atomic mass is 16.3. The maximum atomic E-state index is 11.4. The monoisotopic (exact) mass is 257 g/mol. The average Bonchev–Trinajstić information content (AvgIpc) is 3.10. The number of nitrogens with two attached hydrogens (primary N) is 1. The lowest BCUT2D eigenvalue weighted by molar-refractivity contribution is -0.115. The Morgan fingerprint density at radius 3 is 2.32 bits per heavy atom. The highest BCUT2D eigenvalue weighted by Crippen LogP contribution is 2.60. The molecule has 0 spiro atoms. The third-order valence-corrected chi connectivity index (χ3v) is 6.30. The molecule has 2 bridgehead atoms. The summed E-state index contributed by atoms with van der Waals surface area (Å²) in [6, 6.07) is 8.64. The number of aliphatic hydroxyl groups is 1. The molecule has 19 heavy (non-hydrogen) atoms. The minimum Gasteiger partial charge on any atom is -0.389 e. The molecule has 4 rings (SSSR count). The molecule has 0 radical (unpaired) electrons. The maximum Gasteiger partial charge on any atom is 0.0752 e. The van der Waals surface area contributed by atoms with Gasteiger partial charge >= 0.3 is 0 Å². The van der Waals surface area contributed by atoms with Crippen LogP contribution < -0.4 is 5.73 Å². The van der Waals surface area contributed by atoms with Crippen LogP contribution in [0.15, 0.2) is 24.3 Å². The molecule has 3 N–H and O–H groups in total. The van der Waals surface area contributed by atoms with Crippen LogP contribution >= 0.6 is 0 Å². The summed E-state index contributed by atoms with van der Waals surface area (Å²) in [4.78, 5) is 0. The molecule has 1 aromatic rings. The van der Waals surface area contributed by atoms with Crippen LogP contribution in [0.1, 0.15) is 36.8 Å². The van der Waals surface area contributed by atoms with Crippen molar-refractivity contribution < 1.29 is 5.11 Å². The summed E-state index contributed by atoms with van der Waals surface area (Å²) in [6.45, 7) is 0.613. The van der Waals surface area contributed by atoms with Crippen LogP contribution in [-0.2, 0) is 12.8 Å². The van der Waals surface area contributed by atoms with E-state index < -0.39 is 5.60 Å². The van der Waals surface area contributed by atoms with E-state index >= 15 is 0 Å². The van der Waals surface area contributed by atoms with Gasteiger partial charge in [0.2, 0.25) is 0 Å². The second-order valence-corrected chi connectivity index (χ2v) is 7.11. The maximum absolute atomic E-state index is 11.4. The molecule has 2 saturated carbocycles. The van der Waals surface area contributed by atoms with Gasteiger partial charge in [0.25, 0.3) is 0 Å². The van der Waals surface area contributed by atoms with E-state index in [4.69, 9.17) is 5.73 Å². The van der Waals surface area contributed by atoms with E-state index in [2.05, 4.69) is 24.3 Å². The van der Waals surface area contributed by atoms with Crippen molar-refractivity contribution >= 4 is 0 Å². The standard InChI is InChI=1S/C17H23NO/c18-11-16(9-13-3-1-2-4-14(13)10-16)17(19)8-12-5-6-15(17)7-12/h1-4,12,15,19H,5-11,18H2. The van der Waals surface area contributed by atoms with E-state index in [-0.39, 0.29) is 5.41 Å². The minimum absolute atomic E-state index is 0.101. The van der Waals surface area contributed by atoms with Crippen molar-refractivity contribution in [3.63, 3.8) is 0 Å². The fourth-order valence-electron chi connectivity index (χ4n) is 5.27. The molecule has 1 aromatic carbocycles. The van der Waals surface area contributed by atoms with Crippen LogP contribution in [0.2, 0.25) is 0 Å². The number of fused-ring (bicyclic) bond motifs is 3. The average molecular weight is 257 g/mol. The highest BCUT2D eigenvalue weighted by molar-refractivity contribution is 5.37. The first-order chi connectivity index (χ1) is 9.17. The lowest BCUT2D eigenvalue weighted by atomic mass is 9.62. The summed E-state index contributed by atoms with van der Waals surface area (Å²) in [5.74, 6) is 1.25. The third kappa shape index (κ3) is 1.45. The smallest absolute Gasteiger partial charge is 0.0752 e. The van der Waals surface area contributed by atoms with Crippen LogP contribution in [0.5, 0.6) is 0 Å². The zero-order valence-electron chi connectivity index (χ0n) is 11.4. The molecule has 2 heteroatoms. The SMILES string of the molecule is NCC1(C2(O)CC3CCC2C3)Cc2ccccc2C1. The Balaban J connectivity index is 1.73. The van der Waals surface area contributed by atoms with Crippen molar-refractivity contribution in [1.82, 2.24) is 0 Å². The molecule has 3 unspecified atom stereocenters. The summed E-state index contributed by atoms with van der Waals surface area (Å²) in [5, 5.41) is 11.4. The molecule has 0 heterocycles. The normalized spacial score (nSPS) is 38.6. The molecule has 2 fully saturated rings. The Morgan fingerprint density at radius 1 is 1.16 bits per heavy atom. The third-order valence-electron chi connectivity index (χ3n) is 6.30. The van der Waals surface area contributed by atoms with Gasteiger partial charge in [0.15, 0.2) is 0 Å². The van der Waals surface area contributed by atoms with Crippen molar-refractivity contribution in [2.75, 3.05) is 6.54 Å². The van der Waals surface area contributed by atoms with Gasteiger partial charge in [0.1, 0.15) is 0 Å². The summed E-state index contributed by atoms with van der Waals surface area (Å²) in [5.41, 5.74) is 8.39. The Bertz CT molecular complexity index is 487. The molecular formula is C17H23NO. The van der Waals surface area contributed by atoms with Crippen molar-refractivity contribution in [2.24, 2.45) is 23.0 Å². The van der Waals surface area contributed by atoms with Crippen LogP contribution in [0.25, 0.3) is 0 Å². The predicted octanol–water partition coefficient (Wildman–Crippen LogP) is 2.28. The molecule has 0 saturated heterocycles. The minimum atomic E-state index is -0.510. The van der Waals surface area contributed by atoms with Gasteiger partial charge in [0, 0.05) is 12.0 Å². The largest absolute Gasteiger partial charge is 0.389 e. The van der Waals surface area contributed by atoms with Crippen LogP contribution in [-0.4, -0.2) is 17.3 Å². The van der Waals surface area contributed by atoms with Gasteiger partial charge in [-0.2, -0.15) is 0 Å². The molecule has 3 aliphatic carbocycles. The first-order valence-corrected chi connectivity index (χ1v) is 7.66. The first kappa shape index (κ1) is 11.9. The van der Waals surface area contributed by atoms with E-state index in [0.717, 1.165) is 25.2 Å². The number of hydrogen-bond acceptors (Lipinski definition) is 2. The summed E-state index contributed by atoms with van der Waals surface area (Å²) < 4.78 is 0. The second kappa shape index (κ2) is 3.83. The van der Waals surface area contributed by atoms with Crippen LogP contribution in [0.3, 0.4) is 0 Å². The Morgan fingerprint density at radius 2 is 1.84 bits per heavy atom. The molecular weight excluding hydrogens is 234 g/mol. The molecule has 0 amide bonds. The zero-order valence-corrected chi connectivity index (χ0v) is 11.4. The van der Waals surface area contributed by atoms with Gasteiger partial charge in [-0.05, 0) is 61.5 Å². The summed E-state index contributed by atoms with van der Waals surface area (Å²) in [6.07, 6.45) is 6.69. The van der Waals surface area contributed by atoms with Crippen molar-refractivity contribution in [1.29, 1.82) is 0 Å². The van der Waals surface area contributed by atoms with E-state index in [1.807, 2.05) is 0 Å². The van der Waals surface area contributed by atoms with E-state index in [9.17, 15) is 5.11 Å². The van der Waals surface area contributed by atoms with Crippen molar-refractivity contribution in [3.8, 4) is 0 Å². The fourth-order valence-corrected chi connectivity index (χ4v) is 5.27. The second-order valence-electron chi connectivity index (χ2n) is 7.11. The topological polar surface area (TPSA) is 46.2 Å². The van der Waals surface area contributed by atoms with E-state index in [1.165, 1.54) is 30.4 Å². The van der Waals surface area contributed by atoms with E-state index in [1.54, 1.807) is 0 Å². The lowest BCUT2D eigenvalue weighted by Gasteiger charge is -2.47. The number of hydrogen-bond donors (Lipinski definition) is 2. The van der Waals surface area contributed by atoms with Gasteiger partial charge in [-0.15, -0.1) is 0 Å². The Labute approximate surface area is 115 Å².